The van der Waals surface area contributed by atoms with E-state index in [0.29, 0.717) is 12.1 Å². The predicted molar refractivity (Wildman–Crippen MR) is 59.5 cm³/mol. The van der Waals surface area contributed by atoms with Gasteiger partial charge in [0.2, 0.25) is 0 Å². The van der Waals surface area contributed by atoms with E-state index in [2.05, 4.69) is 15.7 Å². The highest BCUT2D eigenvalue weighted by atomic mass is 32.1. The lowest BCUT2D eigenvalue weighted by molar-refractivity contribution is 0.119. The monoisotopic (exact) mass is 208 g/mol. The van der Waals surface area contributed by atoms with Crippen molar-refractivity contribution in [2.75, 3.05) is 13.1 Å². The third-order valence-corrected chi connectivity index (χ3v) is 4.36. The first-order chi connectivity index (χ1) is 6.86. The Balaban J connectivity index is 2.00. The molecule has 2 unspecified atom stereocenters. The molecule has 0 saturated carbocycles. The van der Waals surface area contributed by atoms with Gasteiger partial charge in [-0.05, 0) is 47.7 Å². The van der Waals surface area contributed by atoms with Gasteiger partial charge in [-0.25, -0.2) is 0 Å². The summed E-state index contributed by atoms with van der Waals surface area (Å²) in [7, 11) is 0. The maximum atomic E-state index is 6.23. The molecule has 2 atom stereocenters. The van der Waals surface area contributed by atoms with Crippen LogP contribution in [0.4, 0.5) is 0 Å². The Morgan fingerprint density at radius 1 is 1.36 bits per heavy atom. The van der Waals surface area contributed by atoms with Crippen molar-refractivity contribution in [1.29, 1.82) is 0 Å². The second-order valence-electron chi connectivity index (χ2n) is 4.39. The zero-order valence-electron chi connectivity index (χ0n) is 8.28. The van der Waals surface area contributed by atoms with Crippen molar-refractivity contribution in [3.63, 3.8) is 0 Å². The van der Waals surface area contributed by atoms with Gasteiger partial charge in [-0.2, -0.15) is 11.3 Å². The van der Waals surface area contributed by atoms with Crippen molar-refractivity contribution in [3.05, 3.63) is 21.9 Å². The van der Waals surface area contributed by atoms with Gasteiger partial charge in [-0.1, -0.05) is 0 Å². The van der Waals surface area contributed by atoms with Crippen LogP contribution in [-0.2, 0) is 6.42 Å². The van der Waals surface area contributed by atoms with Crippen molar-refractivity contribution in [2.24, 2.45) is 5.73 Å². The minimum absolute atomic E-state index is 0.359. The van der Waals surface area contributed by atoms with Crippen LogP contribution in [0.1, 0.15) is 30.0 Å². The zero-order chi connectivity index (χ0) is 9.54. The molecule has 1 saturated heterocycles. The lowest BCUT2D eigenvalue weighted by Gasteiger charge is -2.43. The summed E-state index contributed by atoms with van der Waals surface area (Å²) in [6, 6.07) is 0.885. The highest BCUT2D eigenvalue weighted by molar-refractivity contribution is 7.08. The fourth-order valence-corrected chi connectivity index (χ4v) is 3.76. The molecule has 0 aliphatic carbocycles. The van der Waals surface area contributed by atoms with E-state index in [4.69, 9.17) is 5.73 Å². The number of rotatable bonds is 0. The van der Waals surface area contributed by atoms with E-state index in [1.807, 2.05) is 11.3 Å². The van der Waals surface area contributed by atoms with Gasteiger partial charge in [-0.15, -0.1) is 0 Å². The van der Waals surface area contributed by atoms with Crippen LogP contribution >= 0.6 is 11.3 Å². The predicted octanol–water partition coefficient (Wildman–Crippen LogP) is 1.77. The topological polar surface area (TPSA) is 29.3 Å². The fraction of sp³-hybridized carbons (Fsp3) is 0.636. The lowest BCUT2D eigenvalue weighted by atomic mass is 9.86. The van der Waals surface area contributed by atoms with E-state index in [1.54, 1.807) is 5.56 Å². The molecule has 3 rings (SSSR count). The van der Waals surface area contributed by atoms with Crippen LogP contribution in [-0.4, -0.2) is 24.0 Å². The molecule has 76 valence electrons. The number of piperidine rings is 1. The van der Waals surface area contributed by atoms with Gasteiger partial charge in [0, 0.05) is 12.6 Å². The SMILES string of the molecule is NC1CCCN2CCc3cscc3C12. The molecule has 0 bridgehead atoms. The van der Waals surface area contributed by atoms with E-state index in [1.165, 1.54) is 37.9 Å². The number of hydrogen-bond donors (Lipinski definition) is 1. The largest absolute Gasteiger partial charge is 0.326 e. The summed E-state index contributed by atoms with van der Waals surface area (Å²) in [5.41, 5.74) is 9.30. The van der Waals surface area contributed by atoms with E-state index < -0.39 is 0 Å². The molecule has 1 fully saturated rings. The Kier molecular flexibility index (Phi) is 2.11. The van der Waals surface area contributed by atoms with Crippen molar-refractivity contribution >= 4 is 11.3 Å². The molecule has 0 aromatic carbocycles. The van der Waals surface area contributed by atoms with Crippen molar-refractivity contribution in [3.8, 4) is 0 Å². The lowest BCUT2D eigenvalue weighted by Crippen LogP contribution is -2.48. The molecule has 0 spiro atoms. The van der Waals surface area contributed by atoms with E-state index in [-0.39, 0.29) is 0 Å². The Bertz CT molecular complexity index is 334. The Morgan fingerprint density at radius 2 is 2.29 bits per heavy atom. The smallest absolute Gasteiger partial charge is 0.0510 e. The number of nitrogens with two attached hydrogens (primary N) is 1. The van der Waals surface area contributed by atoms with Gasteiger partial charge in [0.05, 0.1) is 6.04 Å². The third-order valence-electron chi connectivity index (χ3n) is 3.54. The molecular formula is C11H16N2S. The van der Waals surface area contributed by atoms with Crippen molar-refractivity contribution < 1.29 is 0 Å². The molecule has 2 aliphatic rings. The van der Waals surface area contributed by atoms with Gasteiger partial charge >= 0.3 is 0 Å². The maximum absolute atomic E-state index is 6.23. The molecule has 2 N–H and O–H groups in total. The van der Waals surface area contributed by atoms with Crippen LogP contribution in [0.25, 0.3) is 0 Å². The second kappa shape index (κ2) is 3.33. The highest BCUT2D eigenvalue weighted by Gasteiger charge is 2.34. The fourth-order valence-electron chi connectivity index (χ4n) is 2.84. The first kappa shape index (κ1) is 8.89. The quantitative estimate of drug-likeness (QED) is 0.704. The van der Waals surface area contributed by atoms with Gasteiger partial charge in [0.25, 0.3) is 0 Å². The Hall–Kier alpha value is -0.380. The van der Waals surface area contributed by atoms with E-state index in [0.717, 1.165) is 0 Å². The molecule has 1 aromatic heterocycles. The van der Waals surface area contributed by atoms with Crippen LogP contribution < -0.4 is 5.73 Å². The van der Waals surface area contributed by atoms with Crippen molar-refractivity contribution in [1.82, 2.24) is 4.90 Å². The normalized spacial score (nSPS) is 32.4. The molecule has 0 radical (unpaired) electrons. The first-order valence-electron chi connectivity index (χ1n) is 5.41. The standard InChI is InChI=1S/C11H16N2S/c12-10-2-1-4-13-5-3-8-6-14-7-9(8)11(10)13/h6-7,10-11H,1-5,12H2. The molecule has 2 nitrogen and oxygen atoms in total. The molecule has 1 aromatic rings. The minimum atomic E-state index is 0.359. The summed E-state index contributed by atoms with van der Waals surface area (Å²) in [4.78, 5) is 2.57. The Morgan fingerprint density at radius 3 is 3.21 bits per heavy atom. The van der Waals surface area contributed by atoms with Gasteiger partial charge in [0.15, 0.2) is 0 Å². The van der Waals surface area contributed by atoms with Crippen LogP contribution in [0.5, 0.6) is 0 Å². The minimum Gasteiger partial charge on any atom is -0.326 e. The van der Waals surface area contributed by atoms with Crippen LogP contribution in [0.15, 0.2) is 10.8 Å². The summed E-state index contributed by atoms with van der Waals surface area (Å²) < 4.78 is 0. The van der Waals surface area contributed by atoms with Gasteiger partial charge < -0.3 is 5.73 Å². The summed E-state index contributed by atoms with van der Waals surface area (Å²) in [5.74, 6) is 0. The van der Waals surface area contributed by atoms with E-state index >= 15 is 0 Å². The van der Waals surface area contributed by atoms with Crippen LogP contribution in [0.2, 0.25) is 0 Å². The van der Waals surface area contributed by atoms with Gasteiger partial charge in [0.1, 0.15) is 0 Å². The molecule has 2 aliphatic heterocycles. The number of fused-ring (bicyclic) bond motifs is 3. The Labute approximate surface area is 88.7 Å². The summed E-state index contributed by atoms with van der Waals surface area (Å²) >= 11 is 1.83. The number of hydrogen-bond acceptors (Lipinski definition) is 3. The molecule has 3 heteroatoms. The average Bonchev–Trinajstić information content (AvgIpc) is 2.65. The summed E-state index contributed by atoms with van der Waals surface area (Å²) in [6.45, 7) is 2.45. The number of nitrogens with zero attached hydrogens (tertiary/aromatic N) is 1. The first-order valence-corrected chi connectivity index (χ1v) is 6.35. The summed E-state index contributed by atoms with van der Waals surface area (Å²) in [5, 5.41) is 4.60. The van der Waals surface area contributed by atoms with Crippen LogP contribution in [0.3, 0.4) is 0 Å². The number of thiophene rings is 1. The van der Waals surface area contributed by atoms with E-state index in [9.17, 15) is 0 Å². The molecule has 0 amide bonds. The molecule has 3 heterocycles. The zero-order valence-corrected chi connectivity index (χ0v) is 9.09. The second-order valence-corrected chi connectivity index (χ2v) is 5.13. The maximum Gasteiger partial charge on any atom is 0.0510 e. The van der Waals surface area contributed by atoms with Crippen molar-refractivity contribution in [2.45, 2.75) is 31.3 Å². The van der Waals surface area contributed by atoms with Gasteiger partial charge in [-0.3, -0.25) is 4.90 Å². The molecule has 14 heavy (non-hydrogen) atoms. The highest BCUT2D eigenvalue weighted by Crippen LogP contribution is 2.37. The average molecular weight is 208 g/mol. The van der Waals surface area contributed by atoms with Crippen LogP contribution in [0, 0.1) is 0 Å². The summed E-state index contributed by atoms with van der Waals surface area (Å²) in [6.07, 6.45) is 3.69. The third kappa shape index (κ3) is 1.23. The molecular weight excluding hydrogens is 192 g/mol.